The molecule has 1 aromatic rings. The predicted molar refractivity (Wildman–Crippen MR) is 63.2 cm³/mol. The van der Waals surface area contributed by atoms with Crippen LogP contribution in [-0.2, 0) is 0 Å². The molecule has 0 saturated carbocycles. The first-order valence-corrected chi connectivity index (χ1v) is 4.78. The van der Waals surface area contributed by atoms with Gasteiger partial charge in [-0.05, 0) is 26.2 Å². The Balaban J connectivity index is 0. The first kappa shape index (κ1) is 15.3. The lowest BCUT2D eigenvalue weighted by Crippen LogP contribution is -1.89. The molecule has 1 N–H and O–H groups in total. The van der Waals surface area contributed by atoms with Gasteiger partial charge in [0.15, 0.2) is 0 Å². The van der Waals surface area contributed by atoms with Crippen LogP contribution in [0.3, 0.4) is 0 Å². The van der Waals surface area contributed by atoms with E-state index >= 15 is 0 Å². The van der Waals surface area contributed by atoms with E-state index in [-0.39, 0.29) is 0 Å². The van der Waals surface area contributed by atoms with E-state index in [1.54, 1.807) is 7.05 Å². The van der Waals surface area contributed by atoms with Crippen LogP contribution in [0.5, 0.6) is 0 Å². The molecule has 0 bridgehead atoms. The summed E-state index contributed by atoms with van der Waals surface area (Å²) in [6.45, 7) is 4.00. The van der Waals surface area contributed by atoms with Crippen molar-refractivity contribution in [1.82, 2.24) is 5.32 Å². The van der Waals surface area contributed by atoms with Crippen LogP contribution in [0, 0.1) is 0 Å². The van der Waals surface area contributed by atoms with Crippen molar-refractivity contribution in [3.8, 4) is 0 Å². The fourth-order valence-electron chi connectivity index (χ4n) is 0.610. The molecule has 0 aliphatic rings. The van der Waals surface area contributed by atoms with Crippen LogP contribution in [0.25, 0.3) is 0 Å². The zero-order chi connectivity index (χ0) is 11.2. The molecule has 0 heterocycles. The van der Waals surface area contributed by atoms with Gasteiger partial charge < -0.3 is 5.32 Å². The summed E-state index contributed by atoms with van der Waals surface area (Å²) in [6, 6.07) is 9.64. The zero-order valence-corrected chi connectivity index (χ0v) is 9.78. The smallest absolute Gasteiger partial charge is 0.0852 e. The number of nitrogens with one attached hydrogen (secondary N) is 1. The Morgan fingerprint density at radius 2 is 1.43 bits per heavy atom. The van der Waals surface area contributed by atoms with Gasteiger partial charge in [-0.3, -0.25) is 0 Å². The van der Waals surface area contributed by atoms with Crippen LogP contribution in [-0.4, -0.2) is 21.1 Å². The van der Waals surface area contributed by atoms with Crippen molar-refractivity contribution in [2.75, 3.05) is 21.1 Å². The third-order valence-corrected chi connectivity index (χ3v) is 0.972. The molecule has 0 aromatic heterocycles. The minimum Gasteiger partial charge on any atom is -0.323 e. The highest BCUT2D eigenvalue weighted by molar-refractivity contribution is 5.34. The quantitative estimate of drug-likeness (QED) is 0.686. The predicted octanol–water partition coefficient (Wildman–Crippen LogP) is 3.26. The molecule has 0 unspecified atom stereocenters. The van der Waals surface area contributed by atoms with E-state index in [4.69, 9.17) is 0 Å². The second-order valence-electron chi connectivity index (χ2n) is 2.14. The van der Waals surface area contributed by atoms with Crippen molar-refractivity contribution in [2.24, 2.45) is 10.2 Å². The first-order valence-electron chi connectivity index (χ1n) is 4.78. The largest absolute Gasteiger partial charge is 0.323 e. The summed E-state index contributed by atoms with van der Waals surface area (Å²) < 4.78 is 0. The Morgan fingerprint density at radius 1 is 1.00 bits per heavy atom. The lowest BCUT2D eigenvalue weighted by molar-refractivity contribution is 1.02. The second-order valence-corrected chi connectivity index (χ2v) is 2.14. The Bertz CT molecular complexity index is 207. The molecular weight excluding hydrogens is 174 g/mol. The summed E-state index contributed by atoms with van der Waals surface area (Å²) in [4.78, 5) is 0. The number of benzene rings is 1. The molecule has 1 rings (SSSR count). The fourth-order valence-corrected chi connectivity index (χ4v) is 0.610. The summed E-state index contributed by atoms with van der Waals surface area (Å²) in [5.41, 5.74) is 0.903. The molecule has 0 aliphatic heterocycles. The number of hydrogen-bond donors (Lipinski definition) is 1. The molecule has 0 aliphatic carbocycles. The maximum Gasteiger partial charge on any atom is 0.0852 e. The van der Waals surface area contributed by atoms with E-state index in [2.05, 4.69) is 15.5 Å². The molecule has 0 atom stereocenters. The molecule has 1 aromatic carbocycles. The van der Waals surface area contributed by atoms with E-state index in [9.17, 15) is 0 Å². The van der Waals surface area contributed by atoms with Gasteiger partial charge in [-0.25, -0.2) is 0 Å². The van der Waals surface area contributed by atoms with Crippen LogP contribution in [0.2, 0.25) is 0 Å². The topological polar surface area (TPSA) is 36.8 Å². The minimum absolute atomic E-state index is 0.903. The maximum absolute atomic E-state index is 3.83. The van der Waals surface area contributed by atoms with Gasteiger partial charge >= 0.3 is 0 Å². The average molecular weight is 195 g/mol. The average Bonchev–Trinajstić information content (AvgIpc) is 2.24. The van der Waals surface area contributed by atoms with Gasteiger partial charge in [0.05, 0.1) is 5.69 Å². The lowest BCUT2D eigenvalue weighted by Gasteiger charge is -1.85. The standard InChI is InChI=1S/C7H8N2.C2H7N.C2H6/c1-8-9-7-5-3-2-4-6-7;1-3-2;1-2/h2-6H,1H3;3H,1-2H3;1-2H3. The van der Waals surface area contributed by atoms with Crippen LogP contribution >= 0.6 is 0 Å². The summed E-state index contributed by atoms with van der Waals surface area (Å²) >= 11 is 0. The zero-order valence-electron chi connectivity index (χ0n) is 9.78. The van der Waals surface area contributed by atoms with Gasteiger partial charge in [0.25, 0.3) is 0 Å². The molecule has 14 heavy (non-hydrogen) atoms. The highest BCUT2D eigenvalue weighted by Gasteiger charge is 1.80. The highest BCUT2D eigenvalue weighted by Crippen LogP contribution is 2.08. The van der Waals surface area contributed by atoms with Gasteiger partial charge in [-0.15, -0.1) is 0 Å². The first-order chi connectivity index (χ1) is 6.85. The van der Waals surface area contributed by atoms with Crippen LogP contribution in [0.15, 0.2) is 40.6 Å². The van der Waals surface area contributed by atoms with Crippen molar-refractivity contribution in [1.29, 1.82) is 0 Å². The number of nitrogens with zero attached hydrogens (tertiary/aromatic N) is 2. The Hall–Kier alpha value is -1.22. The van der Waals surface area contributed by atoms with Crippen molar-refractivity contribution in [2.45, 2.75) is 13.8 Å². The van der Waals surface area contributed by atoms with Crippen molar-refractivity contribution < 1.29 is 0 Å². The Kier molecular flexibility index (Phi) is 15.6. The molecule has 3 heteroatoms. The van der Waals surface area contributed by atoms with Crippen LogP contribution in [0.4, 0.5) is 5.69 Å². The van der Waals surface area contributed by atoms with Gasteiger partial charge in [-0.2, -0.15) is 10.2 Å². The monoisotopic (exact) mass is 195 g/mol. The third-order valence-electron chi connectivity index (χ3n) is 0.972. The number of hydrogen-bond acceptors (Lipinski definition) is 3. The van der Waals surface area contributed by atoms with E-state index in [0.29, 0.717) is 0 Å². The molecule has 0 radical (unpaired) electrons. The molecule has 0 spiro atoms. The number of rotatable bonds is 1. The Labute approximate surface area is 87.3 Å². The fraction of sp³-hybridized carbons (Fsp3) is 0.455. The highest BCUT2D eigenvalue weighted by atomic mass is 15.1. The molecule has 0 amide bonds. The summed E-state index contributed by atoms with van der Waals surface area (Å²) in [6.07, 6.45) is 0. The van der Waals surface area contributed by atoms with Crippen LogP contribution < -0.4 is 5.32 Å². The molecular formula is C11H21N3. The van der Waals surface area contributed by atoms with Gasteiger partial charge in [0.1, 0.15) is 0 Å². The molecule has 0 saturated heterocycles. The van der Waals surface area contributed by atoms with Gasteiger partial charge in [0, 0.05) is 7.05 Å². The SMILES string of the molecule is CC.CN=Nc1ccccc1.CNC. The summed E-state index contributed by atoms with van der Waals surface area (Å²) in [7, 11) is 5.41. The second kappa shape index (κ2) is 14.3. The third kappa shape index (κ3) is 10.8. The van der Waals surface area contributed by atoms with Crippen molar-refractivity contribution >= 4 is 5.69 Å². The van der Waals surface area contributed by atoms with E-state index in [1.165, 1.54) is 0 Å². The van der Waals surface area contributed by atoms with E-state index in [0.717, 1.165) is 5.69 Å². The molecule has 80 valence electrons. The van der Waals surface area contributed by atoms with E-state index in [1.807, 2.05) is 58.3 Å². The lowest BCUT2D eigenvalue weighted by atomic mass is 10.3. The normalized spacial score (nSPS) is 8.36. The van der Waals surface area contributed by atoms with E-state index < -0.39 is 0 Å². The number of azo groups is 1. The van der Waals surface area contributed by atoms with Crippen molar-refractivity contribution in [3.63, 3.8) is 0 Å². The molecule has 0 fully saturated rings. The van der Waals surface area contributed by atoms with Crippen LogP contribution in [0.1, 0.15) is 13.8 Å². The summed E-state index contributed by atoms with van der Waals surface area (Å²) in [5.74, 6) is 0. The Morgan fingerprint density at radius 3 is 1.79 bits per heavy atom. The van der Waals surface area contributed by atoms with Gasteiger partial charge in [-0.1, -0.05) is 32.0 Å². The maximum atomic E-state index is 3.83. The van der Waals surface area contributed by atoms with Crippen molar-refractivity contribution in [3.05, 3.63) is 30.3 Å². The van der Waals surface area contributed by atoms with Gasteiger partial charge in [0.2, 0.25) is 0 Å². The molecule has 3 nitrogen and oxygen atoms in total. The minimum atomic E-state index is 0.903. The summed E-state index contributed by atoms with van der Waals surface area (Å²) in [5, 5.41) is 10.2.